The van der Waals surface area contributed by atoms with Crippen LogP contribution in [-0.2, 0) is 0 Å². The maximum Gasteiger partial charge on any atom is 0.0291 e. The maximum absolute atomic E-state index is 2.49. The molecule has 0 bridgehead atoms. The zero-order valence-electron chi connectivity index (χ0n) is 14.0. The second-order valence-electron chi connectivity index (χ2n) is 6.43. The van der Waals surface area contributed by atoms with E-state index in [-0.39, 0.29) is 0 Å². The minimum Gasteiger partial charge on any atom is -0.297 e. The van der Waals surface area contributed by atoms with Crippen LogP contribution in [0.25, 0.3) is 5.57 Å². The third-order valence-corrected chi connectivity index (χ3v) is 5.33. The number of likely N-dealkylation sites (tertiary alicyclic amines) is 1. The molecule has 1 saturated heterocycles. The molecule has 3 unspecified atom stereocenters. The molecule has 0 amide bonds. The normalized spacial score (nSPS) is 25.5. The standard InChI is InChI=1S/C21H25N/c1-15-16(2)22(4)17(3)20(15)21(18-11-7-5-8-12-18)19-13-9-6-10-14-19/h5-17H,1-4H3. The number of rotatable bonds is 2. The highest BCUT2D eigenvalue weighted by Crippen LogP contribution is 2.40. The van der Waals surface area contributed by atoms with Gasteiger partial charge in [-0.25, -0.2) is 0 Å². The number of benzene rings is 2. The van der Waals surface area contributed by atoms with Crippen molar-refractivity contribution < 1.29 is 0 Å². The van der Waals surface area contributed by atoms with Crippen LogP contribution in [0.4, 0.5) is 0 Å². The summed E-state index contributed by atoms with van der Waals surface area (Å²) in [6.45, 7) is 7.04. The van der Waals surface area contributed by atoms with Gasteiger partial charge in [-0.3, -0.25) is 4.90 Å². The summed E-state index contributed by atoms with van der Waals surface area (Å²) in [7, 11) is 2.24. The fourth-order valence-electron chi connectivity index (χ4n) is 3.71. The molecule has 1 aliphatic heterocycles. The van der Waals surface area contributed by atoms with E-state index in [1.165, 1.54) is 16.7 Å². The molecule has 0 saturated carbocycles. The Labute approximate surface area is 134 Å². The average molecular weight is 291 g/mol. The summed E-state index contributed by atoms with van der Waals surface area (Å²) in [6.07, 6.45) is 0. The lowest BCUT2D eigenvalue weighted by atomic mass is 9.85. The Morgan fingerprint density at radius 1 is 0.773 bits per heavy atom. The van der Waals surface area contributed by atoms with Gasteiger partial charge < -0.3 is 0 Å². The molecule has 3 atom stereocenters. The van der Waals surface area contributed by atoms with Crippen molar-refractivity contribution in [3.05, 3.63) is 77.4 Å². The van der Waals surface area contributed by atoms with Gasteiger partial charge >= 0.3 is 0 Å². The van der Waals surface area contributed by atoms with Gasteiger partial charge in [-0.1, -0.05) is 67.6 Å². The lowest BCUT2D eigenvalue weighted by Crippen LogP contribution is -2.29. The first-order valence-electron chi connectivity index (χ1n) is 8.18. The van der Waals surface area contributed by atoms with Crippen molar-refractivity contribution in [2.75, 3.05) is 7.05 Å². The van der Waals surface area contributed by atoms with Gasteiger partial charge in [0.15, 0.2) is 0 Å². The molecule has 1 heteroatoms. The summed E-state index contributed by atoms with van der Waals surface area (Å²) < 4.78 is 0. The second-order valence-corrected chi connectivity index (χ2v) is 6.43. The summed E-state index contributed by atoms with van der Waals surface area (Å²) in [5, 5.41) is 0. The largest absolute Gasteiger partial charge is 0.297 e. The predicted molar refractivity (Wildman–Crippen MR) is 94.8 cm³/mol. The minimum atomic E-state index is 0.473. The Hall–Kier alpha value is -1.86. The van der Waals surface area contributed by atoms with Crippen molar-refractivity contribution in [2.24, 2.45) is 5.92 Å². The minimum absolute atomic E-state index is 0.473. The number of hydrogen-bond acceptors (Lipinski definition) is 1. The van der Waals surface area contributed by atoms with Gasteiger partial charge in [0.1, 0.15) is 0 Å². The van der Waals surface area contributed by atoms with Crippen molar-refractivity contribution in [3.63, 3.8) is 0 Å². The Balaban J connectivity index is 2.25. The van der Waals surface area contributed by atoms with E-state index in [9.17, 15) is 0 Å². The maximum atomic E-state index is 2.49. The molecule has 1 nitrogen and oxygen atoms in total. The van der Waals surface area contributed by atoms with Gasteiger partial charge in [-0.2, -0.15) is 0 Å². The zero-order valence-corrected chi connectivity index (χ0v) is 14.0. The molecular formula is C21H25N. The zero-order chi connectivity index (χ0) is 15.7. The summed E-state index contributed by atoms with van der Waals surface area (Å²) in [5.41, 5.74) is 5.62. The molecule has 0 spiro atoms. The molecule has 3 rings (SSSR count). The lowest BCUT2D eigenvalue weighted by Gasteiger charge is -2.21. The third-order valence-electron chi connectivity index (χ3n) is 5.33. The molecule has 2 aromatic carbocycles. The van der Waals surface area contributed by atoms with Crippen LogP contribution in [0.1, 0.15) is 31.9 Å². The lowest BCUT2D eigenvalue weighted by molar-refractivity contribution is 0.255. The molecular weight excluding hydrogens is 266 g/mol. The van der Waals surface area contributed by atoms with Crippen LogP contribution in [0, 0.1) is 5.92 Å². The van der Waals surface area contributed by atoms with Crippen molar-refractivity contribution in [1.29, 1.82) is 0 Å². The van der Waals surface area contributed by atoms with E-state index in [0.717, 1.165) is 0 Å². The van der Waals surface area contributed by atoms with Crippen molar-refractivity contribution in [1.82, 2.24) is 4.90 Å². The number of hydrogen-bond donors (Lipinski definition) is 0. The topological polar surface area (TPSA) is 3.24 Å². The second kappa shape index (κ2) is 6.10. The van der Waals surface area contributed by atoms with Crippen molar-refractivity contribution >= 4 is 5.57 Å². The SMILES string of the molecule is CC1C(=C(c2ccccc2)c2ccccc2)C(C)N(C)C1C. The first-order chi connectivity index (χ1) is 10.6. The quantitative estimate of drug-likeness (QED) is 0.764. The Morgan fingerprint density at radius 2 is 1.23 bits per heavy atom. The van der Waals surface area contributed by atoms with E-state index in [1.54, 1.807) is 5.57 Å². The molecule has 1 fully saturated rings. The third kappa shape index (κ3) is 2.50. The van der Waals surface area contributed by atoms with Gasteiger partial charge in [0.2, 0.25) is 0 Å². The number of likely N-dealkylation sites (N-methyl/N-ethyl adjacent to an activating group) is 1. The van der Waals surface area contributed by atoms with E-state index in [2.05, 4.69) is 93.4 Å². The first-order valence-corrected chi connectivity index (χ1v) is 8.18. The van der Waals surface area contributed by atoms with E-state index in [4.69, 9.17) is 0 Å². The van der Waals surface area contributed by atoms with Gasteiger partial charge in [-0.15, -0.1) is 0 Å². The smallest absolute Gasteiger partial charge is 0.0291 e. The van der Waals surface area contributed by atoms with Crippen molar-refractivity contribution in [3.8, 4) is 0 Å². The molecule has 2 aromatic rings. The molecule has 0 N–H and O–H groups in total. The van der Waals surface area contributed by atoms with Crippen LogP contribution in [0.2, 0.25) is 0 Å². The monoisotopic (exact) mass is 291 g/mol. The molecule has 0 radical (unpaired) electrons. The van der Waals surface area contributed by atoms with Gasteiger partial charge in [-0.05, 0) is 49.1 Å². The molecule has 22 heavy (non-hydrogen) atoms. The molecule has 1 aliphatic rings. The highest BCUT2D eigenvalue weighted by atomic mass is 15.2. The van der Waals surface area contributed by atoms with Gasteiger partial charge in [0.05, 0.1) is 0 Å². The van der Waals surface area contributed by atoms with E-state index < -0.39 is 0 Å². The van der Waals surface area contributed by atoms with Crippen LogP contribution in [0.15, 0.2) is 66.2 Å². The highest BCUT2D eigenvalue weighted by Gasteiger charge is 2.37. The highest BCUT2D eigenvalue weighted by molar-refractivity contribution is 5.83. The van der Waals surface area contributed by atoms with E-state index >= 15 is 0 Å². The summed E-state index contributed by atoms with van der Waals surface area (Å²) in [5.74, 6) is 0.565. The van der Waals surface area contributed by atoms with E-state index in [1.807, 2.05) is 0 Å². The molecule has 0 aliphatic carbocycles. The van der Waals surface area contributed by atoms with Crippen LogP contribution < -0.4 is 0 Å². The first kappa shape index (κ1) is 15.1. The number of nitrogens with zero attached hydrogens (tertiary/aromatic N) is 1. The van der Waals surface area contributed by atoms with Gasteiger partial charge in [0.25, 0.3) is 0 Å². The van der Waals surface area contributed by atoms with Crippen LogP contribution >= 0.6 is 0 Å². The predicted octanol–water partition coefficient (Wildman–Crippen LogP) is 4.85. The molecule has 1 heterocycles. The Morgan fingerprint density at radius 3 is 1.59 bits per heavy atom. The molecule has 0 aromatic heterocycles. The van der Waals surface area contributed by atoms with Crippen LogP contribution in [0.3, 0.4) is 0 Å². The summed E-state index contributed by atoms with van der Waals surface area (Å²) in [4.78, 5) is 2.49. The Kier molecular flexibility index (Phi) is 4.17. The van der Waals surface area contributed by atoms with Crippen molar-refractivity contribution in [2.45, 2.75) is 32.9 Å². The van der Waals surface area contributed by atoms with E-state index in [0.29, 0.717) is 18.0 Å². The fraction of sp³-hybridized carbons (Fsp3) is 0.333. The average Bonchev–Trinajstić information content (AvgIpc) is 2.75. The molecule has 114 valence electrons. The van der Waals surface area contributed by atoms with Crippen LogP contribution in [-0.4, -0.2) is 24.0 Å². The fourth-order valence-corrected chi connectivity index (χ4v) is 3.71. The Bertz CT molecular complexity index is 599. The summed E-state index contributed by atoms with van der Waals surface area (Å²) >= 11 is 0. The van der Waals surface area contributed by atoms with Crippen LogP contribution in [0.5, 0.6) is 0 Å². The van der Waals surface area contributed by atoms with Gasteiger partial charge in [0, 0.05) is 12.1 Å². The summed E-state index contributed by atoms with van der Waals surface area (Å²) in [6, 6.07) is 22.7.